The fraction of sp³-hybridized carbons (Fsp3) is 0.111. The summed E-state index contributed by atoms with van der Waals surface area (Å²) in [7, 11) is 0. The molecule has 2 heterocycles. The molecule has 56 heavy (non-hydrogen) atoms. The van der Waals surface area contributed by atoms with Crippen molar-refractivity contribution in [2.45, 2.75) is 38.5 Å². The third kappa shape index (κ3) is 4.11. The van der Waals surface area contributed by atoms with Crippen molar-refractivity contribution < 1.29 is 0 Å². The molecule has 0 radical (unpaired) electrons. The second kappa shape index (κ2) is 11.0. The van der Waals surface area contributed by atoms with Crippen LogP contribution in [0.1, 0.15) is 49.9 Å². The lowest BCUT2D eigenvalue weighted by molar-refractivity contribution is 0.660. The van der Waals surface area contributed by atoms with E-state index < -0.39 is 0 Å². The molecule has 12 rings (SSSR count). The Hall–Kier alpha value is -6.64. The molecule has 0 unspecified atom stereocenters. The van der Waals surface area contributed by atoms with Crippen LogP contribution in [-0.2, 0) is 10.8 Å². The van der Waals surface area contributed by atoms with E-state index in [1.807, 2.05) is 0 Å². The van der Waals surface area contributed by atoms with Gasteiger partial charge in [-0.15, -0.1) is 0 Å². The number of nitrogens with zero attached hydrogens (tertiary/aromatic N) is 2. The maximum atomic E-state index is 2.47. The monoisotopic (exact) mass is 716 g/mol. The van der Waals surface area contributed by atoms with Gasteiger partial charge in [0.2, 0.25) is 0 Å². The highest BCUT2D eigenvalue weighted by Gasteiger charge is 2.37. The van der Waals surface area contributed by atoms with Crippen molar-refractivity contribution in [2.24, 2.45) is 0 Å². The molecule has 266 valence electrons. The van der Waals surface area contributed by atoms with Gasteiger partial charge >= 0.3 is 0 Å². The number of benzene rings is 8. The summed E-state index contributed by atoms with van der Waals surface area (Å²) in [6.45, 7) is 9.44. The van der Waals surface area contributed by atoms with Gasteiger partial charge in [-0.3, -0.25) is 0 Å². The zero-order valence-electron chi connectivity index (χ0n) is 32.1. The summed E-state index contributed by atoms with van der Waals surface area (Å²) in [5.41, 5.74) is 20.6. The van der Waals surface area contributed by atoms with Crippen LogP contribution in [0.25, 0.3) is 88.4 Å². The topological polar surface area (TPSA) is 9.86 Å². The summed E-state index contributed by atoms with van der Waals surface area (Å²) >= 11 is 0. The summed E-state index contributed by atoms with van der Waals surface area (Å²) in [6.07, 6.45) is 0. The van der Waals surface area contributed by atoms with E-state index in [2.05, 4.69) is 207 Å². The van der Waals surface area contributed by atoms with Crippen molar-refractivity contribution in [1.82, 2.24) is 9.13 Å². The molecule has 2 aromatic heterocycles. The molecule has 0 spiro atoms. The average Bonchev–Trinajstić information content (AvgIpc) is 3.88. The first-order valence-electron chi connectivity index (χ1n) is 19.9. The minimum Gasteiger partial charge on any atom is -0.309 e. The molecule has 0 saturated heterocycles. The van der Waals surface area contributed by atoms with Crippen molar-refractivity contribution in [2.75, 3.05) is 0 Å². The highest BCUT2D eigenvalue weighted by molar-refractivity contribution is 6.14. The predicted molar refractivity (Wildman–Crippen MR) is 236 cm³/mol. The summed E-state index contributed by atoms with van der Waals surface area (Å²) in [6, 6.07) is 63.7. The first-order chi connectivity index (χ1) is 27.3. The Balaban J connectivity index is 1.06. The lowest BCUT2D eigenvalue weighted by Gasteiger charge is -2.21. The lowest BCUT2D eigenvalue weighted by atomic mass is 9.82. The molecule has 8 aromatic carbocycles. The fourth-order valence-electron chi connectivity index (χ4n) is 10.5. The number of fused-ring (bicyclic) bond motifs is 12. The summed E-state index contributed by atoms with van der Waals surface area (Å²) in [5.74, 6) is 0. The van der Waals surface area contributed by atoms with E-state index in [0.29, 0.717) is 0 Å². The minimum absolute atomic E-state index is 0.0180. The van der Waals surface area contributed by atoms with Crippen LogP contribution in [0.4, 0.5) is 0 Å². The van der Waals surface area contributed by atoms with Crippen molar-refractivity contribution in [3.05, 3.63) is 192 Å². The maximum Gasteiger partial charge on any atom is 0.0544 e. The Kier molecular flexibility index (Phi) is 6.22. The largest absolute Gasteiger partial charge is 0.309 e. The van der Waals surface area contributed by atoms with Crippen molar-refractivity contribution in [3.63, 3.8) is 0 Å². The van der Waals surface area contributed by atoms with Gasteiger partial charge in [0.25, 0.3) is 0 Å². The molecular formula is C54H40N2. The number of aromatic nitrogens is 2. The molecule has 0 N–H and O–H groups in total. The molecule has 10 aromatic rings. The maximum absolute atomic E-state index is 2.47. The van der Waals surface area contributed by atoms with Crippen LogP contribution in [-0.4, -0.2) is 9.13 Å². The fourth-order valence-corrected chi connectivity index (χ4v) is 10.5. The highest BCUT2D eigenvalue weighted by atomic mass is 15.0. The smallest absolute Gasteiger partial charge is 0.0544 e. The Bertz CT molecular complexity index is 3300. The standard InChI is InChI=1S/C54H40N2/c1-53(2)45-19-11-8-16-37(45)40-30-36(24-25-47(40)53)56-49-21-13-10-18-39(49)42-28-33(22-26-50(42)56)34-23-27-51-43(29-34)44-31-41-38-17-9-12-20-46(38)54(3,4)48(41)32-52(44)55(51)35-14-6-5-7-15-35/h5-32H,1-4H3. The molecule has 0 aliphatic heterocycles. The summed E-state index contributed by atoms with van der Waals surface area (Å²) in [4.78, 5) is 0. The van der Waals surface area contributed by atoms with Crippen LogP contribution in [0.3, 0.4) is 0 Å². The van der Waals surface area contributed by atoms with E-state index in [0.717, 1.165) is 0 Å². The van der Waals surface area contributed by atoms with Crippen LogP contribution >= 0.6 is 0 Å². The molecule has 0 fully saturated rings. The lowest BCUT2D eigenvalue weighted by Crippen LogP contribution is -2.14. The summed E-state index contributed by atoms with van der Waals surface area (Å²) < 4.78 is 4.92. The van der Waals surface area contributed by atoms with E-state index in [1.165, 1.54) is 111 Å². The van der Waals surface area contributed by atoms with E-state index in [-0.39, 0.29) is 10.8 Å². The van der Waals surface area contributed by atoms with Crippen molar-refractivity contribution in [3.8, 4) is 44.8 Å². The van der Waals surface area contributed by atoms with Crippen LogP contribution in [0.5, 0.6) is 0 Å². The Morgan fingerprint density at radius 3 is 1.50 bits per heavy atom. The van der Waals surface area contributed by atoms with Gasteiger partial charge in [0.05, 0.1) is 22.1 Å². The molecule has 0 amide bonds. The zero-order chi connectivity index (χ0) is 37.5. The third-order valence-electron chi connectivity index (χ3n) is 13.3. The van der Waals surface area contributed by atoms with Gasteiger partial charge in [-0.25, -0.2) is 0 Å². The predicted octanol–water partition coefficient (Wildman–Crippen LogP) is 14.2. The Morgan fingerprint density at radius 2 is 0.804 bits per heavy atom. The van der Waals surface area contributed by atoms with Crippen LogP contribution in [0.15, 0.2) is 170 Å². The van der Waals surface area contributed by atoms with Crippen molar-refractivity contribution >= 4 is 43.6 Å². The highest BCUT2D eigenvalue weighted by Crippen LogP contribution is 2.52. The van der Waals surface area contributed by atoms with E-state index in [4.69, 9.17) is 0 Å². The van der Waals surface area contributed by atoms with Crippen molar-refractivity contribution in [1.29, 1.82) is 0 Å². The molecule has 2 nitrogen and oxygen atoms in total. The minimum atomic E-state index is -0.0707. The third-order valence-corrected chi connectivity index (χ3v) is 13.3. The second-order valence-corrected chi connectivity index (χ2v) is 17.0. The number of hydrogen-bond acceptors (Lipinski definition) is 0. The zero-order valence-corrected chi connectivity index (χ0v) is 32.1. The number of para-hydroxylation sites is 2. The van der Waals surface area contributed by atoms with E-state index in [9.17, 15) is 0 Å². The van der Waals surface area contributed by atoms with Gasteiger partial charge in [-0.05, 0) is 122 Å². The van der Waals surface area contributed by atoms with Gasteiger partial charge < -0.3 is 9.13 Å². The first kappa shape index (κ1) is 31.7. The van der Waals surface area contributed by atoms with Gasteiger partial charge in [-0.2, -0.15) is 0 Å². The molecule has 2 aliphatic carbocycles. The molecule has 2 aliphatic rings. The van der Waals surface area contributed by atoms with Gasteiger partial charge in [0, 0.05) is 43.7 Å². The van der Waals surface area contributed by atoms with Gasteiger partial charge in [0.15, 0.2) is 0 Å². The number of hydrogen-bond donors (Lipinski definition) is 0. The number of rotatable bonds is 3. The Labute approximate surface area is 326 Å². The molecule has 2 heteroatoms. The van der Waals surface area contributed by atoms with E-state index >= 15 is 0 Å². The van der Waals surface area contributed by atoms with Crippen LogP contribution in [0, 0.1) is 0 Å². The molecule has 0 atom stereocenters. The summed E-state index contributed by atoms with van der Waals surface area (Å²) in [5, 5.41) is 5.10. The average molecular weight is 717 g/mol. The quantitative estimate of drug-likeness (QED) is 0.172. The normalized spacial score (nSPS) is 14.7. The van der Waals surface area contributed by atoms with E-state index in [1.54, 1.807) is 0 Å². The van der Waals surface area contributed by atoms with Crippen LogP contribution in [0.2, 0.25) is 0 Å². The second-order valence-electron chi connectivity index (χ2n) is 17.0. The van der Waals surface area contributed by atoms with Crippen LogP contribution < -0.4 is 0 Å². The van der Waals surface area contributed by atoms with Gasteiger partial charge in [0.1, 0.15) is 0 Å². The molecular weight excluding hydrogens is 677 g/mol. The molecule has 0 bridgehead atoms. The Morgan fingerprint density at radius 1 is 0.304 bits per heavy atom. The molecule has 0 saturated carbocycles. The SMILES string of the molecule is CC1(C)c2ccccc2-c2cc(-n3c4ccccc4c4cc(-c5ccc6c(c5)c5cc7c(cc5n6-c5ccccc5)C(C)(C)c5ccccc5-7)ccc43)ccc21. The first-order valence-corrected chi connectivity index (χ1v) is 19.9. The van der Waals surface area contributed by atoms with Gasteiger partial charge in [-0.1, -0.05) is 131 Å².